The molecule has 0 aromatic heterocycles. The van der Waals surface area contributed by atoms with E-state index >= 15 is 0 Å². The van der Waals surface area contributed by atoms with Gasteiger partial charge in [0.2, 0.25) is 0 Å². The summed E-state index contributed by atoms with van der Waals surface area (Å²) in [6.07, 6.45) is 0.00863. The van der Waals surface area contributed by atoms with Crippen LogP contribution in [0.25, 0.3) is 5.57 Å². The molecule has 0 aliphatic rings. The van der Waals surface area contributed by atoms with Crippen molar-refractivity contribution in [2.75, 3.05) is 7.11 Å². The Morgan fingerprint density at radius 2 is 1.58 bits per heavy atom. The minimum Gasteiger partial charge on any atom is -0.508 e. The monoisotopic (exact) mass is 323 g/mol. The molecule has 122 valence electrons. The molecule has 5 nitrogen and oxygen atoms in total. The van der Waals surface area contributed by atoms with Crippen LogP contribution in [0.5, 0.6) is 11.5 Å². The average Bonchev–Trinajstić information content (AvgIpc) is 2.60. The van der Waals surface area contributed by atoms with Crippen molar-refractivity contribution in [2.24, 2.45) is 0 Å². The third-order valence-corrected chi connectivity index (χ3v) is 3.56. The standard InChI is InChI=1S/C19H17NO4/c1-24-17-9-4-14(5-10-17)19(13-2-7-16(21)8-3-13)15(12-20)6-11-18(22)23/h2-5,7-10,21H,6,11H2,1H3,(H,22,23). The molecule has 0 amide bonds. The molecule has 0 atom stereocenters. The normalized spacial score (nSPS) is 11.3. The Hall–Kier alpha value is -3.26. The minimum atomic E-state index is -0.956. The number of phenolic OH excluding ortho intramolecular Hbond substituents is 1. The summed E-state index contributed by atoms with van der Waals surface area (Å²) in [5.41, 5.74) is 2.55. The van der Waals surface area contributed by atoms with Crippen molar-refractivity contribution in [3.05, 3.63) is 65.2 Å². The maximum absolute atomic E-state index is 10.9. The zero-order valence-electron chi connectivity index (χ0n) is 13.2. The van der Waals surface area contributed by atoms with Crippen molar-refractivity contribution < 1.29 is 19.7 Å². The molecule has 0 unspecified atom stereocenters. The third kappa shape index (κ3) is 4.14. The van der Waals surface area contributed by atoms with Crippen LogP contribution in [0.15, 0.2) is 54.1 Å². The molecule has 0 aliphatic carbocycles. The van der Waals surface area contributed by atoms with Gasteiger partial charge >= 0.3 is 5.97 Å². The highest BCUT2D eigenvalue weighted by Gasteiger charge is 2.14. The predicted molar refractivity (Wildman–Crippen MR) is 89.6 cm³/mol. The first-order valence-electron chi connectivity index (χ1n) is 7.34. The van der Waals surface area contributed by atoms with Crippen LogP contribution in [0.4, 0.5) is 0 Å². The molecule has 5 heteroatoms. The number of carbonyl (C=O) groups is 1. The summed E-state index contributed by atoms with van der Waals surface area (Å²) in [5, 5.41) is 27.9. The number of nitriles is 1. The van der Waals surface area contributed by atoms with Gasteiger partial charge in [0, 0.05) is 11.1 Å². The van der Waals surface area contributed by atoms with E-state index in [1.165, 1.54) is 12.1 Å². The molecule has 0 aliphatic heterocycles. The van der Waals surface area contributed by atoms with Crippen molar-refractivity contribution in [1.82, 2.24) is 0 Å². The Morgan fingerprint density at radius 1 is 1.04 bits per heavy atom. The molecule has 2 N–H and O–H groups in total. The number of carboxylic acids is 1. The molecule has 0 heterocycles. The van der Waals surface area contributed by atoms with Gasteiger partial charge in [-0.05, 0) is 41.8 Å². The number of ether oxygens (including phenoxy) is 1. The lowest BCUT2D eigenvalue weighted by Gasteiger charge is -2.12. The Morgan fingerprint density at radius 3 is 2.04 bits per heavy atom. The predicted octanol–water partition coefficient (Wildman–Crippen LogP) is 3.59. The van der Waals surface area contributed by atoms with Gasteiger partial charge < -0.3 is 14.9 Å². The molecular formula is C19H17NO4. The van der Waals surface area contributed by atoms with Crippen molar-refractivity contribution >= 4 is 11.5 Å². The molecule has 2 aromatic carbocycles. The molecule has 2 rings (SSSR count). The maximum Gasteiger partial charge on any atom is 0.303 e. The lowest BCUT2D eigenvalue weighted by Crippen LogP contribution is -1.99. The van der Waals surface area contributed by atoms with Crippen LogP contribution in [0.3, 0.4) is 0 Å². The number of hydrogen-bond acceptors (Lipinski definition) is 4. The second kappa shape index (κ2) is 7.84. The minimum absolute atomic E-state index is 0.122. The summed E-state index contributed by atoms with van der Waals surface area (Å²) in [6, 6.07) is 15.8. The van der Waals surface area contributed by atoms with Crippen LogP contribution >= 0.6 is 0 Å². The van der Waals surface area contributed by atoms with Crippen molar-refractivity contribution in [1.29, 1.82) is 5.26 Å². The van der Waals surface area contributed by atoms with Gasteiger partial charge in [-0.2, -0.15) is 5.26 Å². The number of carboxylic acid groups (broad SMARTS) is 1. The van der Waals surface area contributed by atoms with Crippen molar-refractivity contribution in [2.45, 2.75) is 12.8 Å². The number of nitrogens with zero attached hydrogens (tertiary/aromatic N) is 1. The smallest absolute Gasteiger partial charge is 0.303 e. The number of phenols is 1. The number of hydrogen-bond donors (Lipinski definition) is 2. The van der Waals surface area contributed by atoms with Gasteiger partial charge in [-0.15, -0.1) is 0 Å². The highest BCUT2D eigenvalue weighted by Crippen LogP contribution is 2.31. The molecule has 0 radical (unpaired) electrons. The average molecular weight is 323 g/mol. The zero-order valence-corrected chi connectivity index (χ0v) is 13.2. The van der Waals surface area contributed by atoms with E-state index < -0.39 is 5.97 Å². The summed E-state index contributed by atoms with van der Waals surface area (Å²) < 4.78 is 5.14. The second-order valence-corrected chi connectivity index (χ2v) is 5.13. The van der Waals surface area contributed by atoms with E-state index in [0.717, 1.165) is 11.1 Å². The largest absolute Gasteiger partial charge is 0.508 e. The quantitative estimate of drug-likeness (QED) is 0.793. The number of rotatable bonds is 6. The molecular weight excluding hydrogens is 306 g/mol. The van der Waals surface area contributed by atoms with Gasteiger partial charge in [0.05, 0.1) is 19.6 Å². The summed E-state index contributed by atoms with van der Waals surface area (Å²) in [5.74, 6) is -0.146. The third-order valence-electron chi connectivity index (χ3n) is 3.56. The van der Waals surface area contributed by atoms with E-state index in [0.29, 0.717) is 16.9 Å². The number of benzene rings is 2. The summed E-state index contributed by atoms with van der Waals surface area (Å²) in [7, 11) is 1.57. The van der Waals surface area contributed by atoms with Gasteiger partial charge in [-0.3, -0.25) is 4.79 Å². The fourth-order valence-electron chi connectivity index (χ4n) is 2.37. The maximum atomic E-state index is 10.9. The summed E-state index contributed by atoms with van der Waals surface area (Å²) in [4.78, 5) is 10.9. The highest BCUT2D eigenvalue weighted by molar-refractivity contribution is 5.85. The van der Waals surface area contributed by atoms with Crippen LogP contribution in [0.2, 0.25) is 0 Å². The molecule has 0 fully saturated rings. The van der Waals surface area contributed by atoms with Crippen molar-refractivity contribution in [3.63, 3.8) is 0 Å². The lowest BCUT2D eigenvalue weighted by atomic mass is 9.91. The Balaban J connectivity index is 2.56. The Kier molecular flexibility index (Phi) is 5.58. The Labute approximate surface area is 140 Å². The van der Waals surface area contributed by atoms with E-state index in [4.69, 9.17) is 9.84 Å². The topological polar surface area (TPSA) is 90.5 Å². The fourth-order valence-corrected chi connectivity index (χ4v) is 2.37. The van der Waals surface area contributed by atoms with E-state index in [1.54, 1.807) is 31.4 Å². The van der Waals surface area contributed by atoms with Gasteiger partial charge in [0.25, 0.3) is 0 Å². The molecule has 0 spiro atoms. The number of allylic oxidation sites excluding steroid dienone is 1. The first-order chi connectivity index (χ1) is 11.5. The van der Waals surface area contributed by atoms with Crippen LogP contribution in [-0.2, 0) is 4.79 Å². The van der Waals surface area contributed by atoms with E-state index in [1.807, 2.05) is 12.1 Å². The van der Waals surface area contributed by atoms with Gasteiger partial charge in [-0.25, -0.2) is 0 Å². The van der Waals surface area contributed by atoms with Crippen LogP contribution in [-0.4, -0.2) is 23.3 Å². The lowest BCUT2D eigenvalue weighted by molar-refractivity contribution is -0.136. The molecule has 0 bridgehead atoms. The van der Waals surface area contributed by atoms with Gasteiger partial charge in [-0.1, -0.05) is 24.3 Å². The molecule has 0 saturated carbocycles. The molecule has 2 aromatic rings. The van der Waals surface area contributed by atoms with Gasteiger partial charge in [0.15, 0.2) is 0 Å². The van der Waals surface area contributed by atoms with Crippen molar-refractivity contribution in [3.8, 4) is 17.6 Å². The zero-order chi connectivity index (χ0) is 17.5. The van der Waals surface area contributed by atoms with Crippen LogP contribution in [0, 0.1) is 11.3 Å². The molecule has 24 heavy (non-hydrogen) atoms. The number of aromatic hydroxyl groups is 1. The van der Waals surface area contributed by atoms with E-state index in [-0.39, 0.29) is 18.6 Å². The van der Waals surface area contributed by atoms with Crippen LogP contribution in [0.1, 0.15) is 24.0 Å². The first kappa shape index (κ1) is 17.1. The summed E-state index contributed by atoms with van der Waals surface area (Å²) >= 11 is 0. The SMILES string of the molecule is COc1ccc(C(=C(C#N)CCC(=O)O)c2ccc(O)cc2)cc1. The Bertz CT molecular complexity index is 784. The highest BCUT2D eigenvalue weighted by atomic mass is 16.5. The van der Waals surface area contributed by atoms with Gasteiger partial charge in [0.1, 0.15) is 11.5 Å². The number of methoxy groups -OCH3 is 1. The molecule has 0 saturated heterocycles. The van der Waals surface area contributed by atoms with E-state index in [2.05, 4.69) is 6.07 Å². The second-order valence-electron chi connectivity index (χ2n) is 5.13. The summed E-state index contributed by atoms with van der Waals surface area (Å²) in [6.45, 7) is 0. The van der Waals surface area contributed by atoms with Crippen LogP contribution < -0.4 is 4.74 Å². The fraction of sp³-hybridized carbons (Fsp3) is 0.158. The van der Waals surface area contributed by atoms with E-state index in [9.17, 15) is 15.2 Å². The number of aliphatic carboxylic acids is 1. The first-order valence-corrected chi connectivity index (χ1v) is 7.34.